The van der Waals surface area contributed by atoms with Crippen molar-refractivity contribution in [3.8, 4) is 0 Å². The molecule has 1 amide bonds. The second-order valence-electron chi connectivity index (χ2n) is 6.82. The van der Waals surface area contributed by atoms with E-state index >= 15 is 0 Å². The Morgan fingerprint density at radius 3 is 2.48 bits per heavy atom. The second kappa shape index (κ2) is 6.71. The molecule has 0 radical (unpaired) electrons. The smallest absolute Gasteiger partial charge is 0.254 e. The van der Waals surface area contributed by atoms with Crippen molar-refractivity contribution in [3.63, 3.8) is 0 Å². The highest BCUT2D eigenvalue weighted by Gasteiger charge is 2.30. The molecular weight excluding hydrogens is 310 g/mol. The fourth-order valence-corrected chi connectivity index (χ4v) is 3.73. The summed E-state index contributed by atoms with van der Waals surface area (Å²) >= 11 is 0. The summed E-state index contributed by atoms with van der Waals surface area (Å²) in [5, 5.41) is 6.52. The molecule has 0 N–H and O–H groups in total. The lowest BCUT2D eigenvalue weighted by Gasteiger charge is -2.25. The molecule has 0 spiro atoms. The van der Waals surface area contributed by atoms with E-state index in [0.717, 1.165) is 49.3 Å². The van der Waals surface area contributed by atoms with Gasteiger partial charge < -0.3 is 4.90 Å². The fourth-order valence-electron chi connectivity index (χ4n) is 3.73. The molecule has 2 heterocycles. The van der Waals surface area contributed by atoms with Crippen molar-refractivity contribution in [2.45, 2.75) is 32.2 Å². The molecule has 2 aromatic carbocycles. The summed E-state index contributed by atoms with van der Waals surface area (Å²) in [4.78, 5) is 15.0. The fraction of sp³-hybridized carbons (Fsp3) is 0.333. The Hall–Kier alpha value is -2.62. The Labute approximate surface area is 148 Å². The van der Waals surface area contributed by atoms with Crippen LogP contribution in [0.3, 0.4) is 0 Å². The first-order chi connectivity index (χ1) is 12.2. The molecule has 4 nitrogen and oxygen atoms in total. The number of hydrazone groups is 1. The molecule has 1 unspecified atom stereocenters. The summed E-state index contributed by atoms with van der Waals surface area (Å²) in [7, 11) is 0. The normalized spacial score (nSPS) is 20.0. The Balaban J connectivity index is 1.52. The highest BCUT2D eigenvalue weighted by Crippen LogP contribution is 2.33. The van der Waals surface area contributed by atoms with Crippen LogP contribution >= 0.6 is 0 Å². The van der Waals surface area contributed by atoms with Crippen molar-refractivity contribution >= 4 is 17.3 Å². The van der Waals surface area contributed by atoms with E-state index in [-0.39, 0.29) is 11.9 Å². The molecule has 1 saturated heterocycles. The number of carbonyl (C=O) groups excluding carboxylic acids is 1. The molecule has 0 aromatic heterocycles. The second-order valence-corrected chi connectivity index (χ2v) is 6.82. The van der Waals surface area contributed by atoms with Crippen LogP contribution in [0.25, 0.3) is 0 Å². The molecule has 1 atom stereocenters. The van der Waals surface area contributed by atoms with Gasteiger partial charge in [0.1, 0.15) is 0 Å². The lowest BCUT2D eigenvalue weighted by Crippen LogP contribution is -2.30. The Bertz CT molecular complexity index is 783. The third-order valence-corrected chi connectivity index (χ3v) is 5.09. The maximum absolute atomic E-state index is 13.0. The van der Waals surface area contributed by atoms with Gasteiger partial charge in [0.25, 0.3) is 5.91 Å². The monoisotopic (exact) mass is 333 g/mol. The van der Waals surface area contributed by atoms with E-state index in [4.69, 9.17) is 0 Å². The minimum absolute atomic E-state index is 0.124. The largest absolute Gasteiger partial charge is 0.332 e. The number of likely N-dealkylation sites (tertiary alicyclic amines) is 1. The third kappa shape index (κ3) is 3.16. The van der Waals surface area contributed by atoms with Gasteiger partial charge in [0, 0.05) is 30.8 Å². The first-order valence-corrected chi connectivity index (χ1v) is 9.00. The Kier molecular flexibility index (Phi) is 4.26. The summed E-state index contributed by atoms with van der Waals surface area (Å²) < 4.78 is 0. The van der Waals surface area contributed by atoms with Crippen molar-refractivity contribution in [2.24, 2.45) is 5.10 Å². The Morgan fingerprint density at radius 2 is 1.80 bits per heavy atom. The lowest BCUT2D eigenvalue weighted by molar-refractivity contribution is 0.0735. The average Bonchev–Trinajstić information content (AvgIpc) is 3.31. The number of benzene rings is 2. The molecule has 25 heavy (non-hydrogen) atoms. The van der Waals surface area contributed by atoms with E-state index in [1.165, 1.54) is 5.56 Å². The first-order valence-electron chi connectivity index (χ1n) is 9.00. The highest BCUT2D eigenvalue weighted by molar-refractivity contribution is 5.95. The summed E-state index contributed by atoms with van der Waals surface area (Å²) in [6.45, 7) is 3.80. The van der Waals surface area contributed by atoms with Crippen molar-refractivity contribution < 1.29 is 4.79 Å². The molecule has 4 rings (SSSR count). The summed E-state index contributed by atoms with van der Waals surface area (Å²) in [6, 6.07) is 18.4. The van der Waals surface area contributed by atoms with Gasteiger partial charge >= 0.3 is 0 Å². The van der Waals surface area contributed by atoms with Crippen LogP contribution in [0.5, 0.6) is 0 Å². The first kappa shape index (κ1) is 15.9. The van der Waals surface area contributed by atoms with E-state index in [9.17, 15) is 4.79 Å². The van der Waals surface area contributed by atoms with Gasteiger partial charge in [-0.25, -0.2) is 0 Å². The van der Waals surface area contributed by atoms with Gasteiger partial charge in [-0.15, -0.1) is 0 Å². The summed E-state index contributed by atoms with van der Waals surface area (Å²) in [5.41, 5.74) is 4.19. The number of hydrogen-bond acceptors (Lipinski definition) is 3. The van der Waals surface area contributed by atoms with Crippen molar-refractivity contribution in [3.05, 3.63) is 65.7 Å². The SMILES string of the molecule is CC1=NN(c2ccc(C(=O)N3CCCC3c3ccccc3)cc2)CC1. The minimum Gasteiger partial charge on any atom is -0.332 e. The van der Waals surface area contributed by atoms with Crippen LogP contribution in [-0.4, -0.2) is 29.6 Å². The molecule has 1 fully saturated rings. The molecule has 0 saturated carbocycles. The van der Waals surface area contributed by atoms with Gasteiger partial charge in [0.05, 0.1) is 11.7 Å². The average molecular weight is 333 g/mol. The predicted molar refractivity (Wildman–Crippen MR) is 101 cm³/mol. The van der Waals surface area contributed by atoms with Crippen LogP contribution in [0.15, 0.2) is 59.7 Å². The maximum atomic E-state index is 13.0. The molecule has 0 aliphatic carbocycles. The molecule has 2 aliphatic heterocycles. The number of nitrogens with zero attached hydrogens (tertiary/aromatic N) is 3. The zero-order chi connectivity index (χ0) is 17.2. The van der Waals surface area contributed by atoms with Gasteiger partial charge in [-0.05, 0) is 49.6 Å². The standard InChI is InChI=1S/C21H23N3O/c1-16-13-15-24(22-16)19-11-9-18(10-12-19)21(25)23-14-5-8-20(23)17-6-3-2-4-7-17/h2-4,6-7,9-12,20H,5,8,13-15H2,1H3. The van der Waals surface area contributed by atoms with Crippen LogP contribution in [-0.2, 0) is 0 Å². The van der Waals surface area contributed by atoms with Crippen LogP contribution in [0.1, 0.15) is 48.1 Å². The van der Waals surface area contributed by atoms with Crippen LogP contribution in [0, 0.1) is 0 Å². The molecule has 2 aromatic rings. The summed E-state index contributed by atoms with van der Waals surface area (Å²) in [5.74, 6) is 0.124. The highest BCUT2D eigenvalue weighted by atomic mass is 16.2. The number of amides is 1. The zero-order valence-electron chi connectivity index (χ0n) is 14.6. The third-order valence-electron chi connectivity index (χ3n) is 5.09. The molecule has 4 heteroatoms. The lowest BCUT2D eigenvalue weighted by atomic mass is 10.0. The molecule has 0 bridgehead atoms. The van der Waals surface area contributed by atoms with E-state index in [0.29, 0.717) is 0 Å². The van der Waals surface area contributed by atoms with Crippen molar-refractivity contribution in [1.82, 2.24) is 4.90 Å². The van der Waals surface area contributed by atoms with E-state index in [2.05, 4.69) is 24.2 Å². The van der Waals surface area contributed by atoms with Gasteiger partial charge in [0.2, 0.25) is 0 Å². The van der Waals surface area contributed by atoms with Gasteiger partial charge in [-0.2, -0.15) is 5.10 Å². The molecular formula is C21H23N3O. The van der Waals surface area contributed by atoms with E-state index in [1.54, 1.807) is 0 Å². The number of hydrogen-bond donors (Lipinski definition) is 0. The van der Waals surface area contributed by atoms with Crippen molar-refractivity contribution in [1.29, 1.82) is 0 Å². The van der Waals surface area contributed by atoms with Crippen molar-refractivity contribution in [2.75, 3.05) is 18.1 Å². The number of carbonyl (C=O) groups is 1. The van der Waals surface area contributed by atoms with Crippen LogP contribution in [0.2, 0.25) is 0 Å². The Morgan fingerprint density at radius 1 is 1.04 bits per heavy atom. The summed E-state index contributed by atoms with van der Waals surface area (Å²) in [6.07, 6.45) is 3.11. The minimum atomic E-state index is 0.124. The molecule has 2 aliphatic rings. The van der Waals surface area contributed by atoms with Gasteiger partial charge in [-0.1, -0.05) is 30.3 Å². The predicted octanol–water partition coefficient (Wildman–Crippen LogP) is 4.25. The van der Waals surface area contributed by atoms with Gasteiger partial charge in [0.15, 0.2) is 0 Å². The van der Waals surface area contributed by atoms with Gasteiger partial charge in [-0.3, -0.25) is 9.80 Å². The van der Waals surface area contributed by atoms with E-state index < -0.39 is 0 Å². The quantitative estimate of drug-likeness (QED) is 0.842. The number of rotatable bonds is 3. The maximum Gasteiger partial charge on any atom is 0.254 e. The number of anilines is 1. The van der Waals surface area contributed by atoms with Crippen LogP contribution in [0.4, 0.5) is 5.69 Å². The van der Waals surface area contributed by atoms with Crippen LogP contribution < -0.4 is 5.01 Å². The zero-order valence-corrected chi connectivity index (χ0v) is 14.6. The van der Waals surface area contributed by atoms with E-state index in [1.807, 2.05) is 52.4 Å². The molecule has 128 valence electrons. The topological polar surface area (TPSA) is 35.9 Å².